The molecule has 2 atom stereocenters. The molecule has 0 aliphatic carbocycles. The van der Waals surface area contributed by atoms with Crippen molar-refractivity contribution in [2.75, 3.05) is 6.54 Å². The summed E-state index contributed by atoms with van der Waals surface area (Å²) >= 11 is 0. The van der Waals surface area contributed by atoms with Gasteiger partial charge in [0.05, 0.1) is 12.1 Å². The summed E-state index contributed by atoms with van der Waals surface area (Å²) in [5.74, 6) is 2.16. The third-order valence-electron chi connectivity index (χ3n) is 2.43. The highest BCUT2D eigenvalue weighted by Crippen LogP contribution is 2.15. The van der Waals surface area contributed by atoms with Crippen LogP contribution in [0.15, 0.2) is 24.3 Å². The van der Waals surface area contributed by atoms with E-state index in [1.165, 1.54) is 6.07 Å². The van der Waals surface area contributed by atoms with Crippen LogP contribution in [0.1, 0.15) is 25.0 Å². The van der Waals surface area contributed by atoms with Crippen molar-refractivity contribution < 1.29 is 9.50 Å². The van der Waals surface area contributed by atoms with Crippen molar-refractivity contribution >= 4 is 0 Å². The maximum Gasteiger partial charge on any atom is 0.129 e. The molecule has 0 heterocycles. The predicted octanol–water partition coefficient (Wildman–Crippen LogP) is 1.86. The molecule has 0 spiro atoms. The van der Waals surface area contributed by atoms with Crippen LogP contribution < -0.4 is 5.32 Å². The molecule has 0 radical (unpaired) electrons. The molecular weight excluding hydrogens is 205 g/mol. The molecule has 0 amide bonds. The quantitative estimate of drug-likeness (QED) is 0.744. The Balaban J connectivity index is 2.57. The number of halogens is 1. The lowest BCUT2D eigenvalue weighted by molar-refractivity contribution is 0.168. The zero-order valence-corrected chi connectivity index (χ0v) is 9.28. The van der Waals surface area contributed by atoms with Gasteiger partial charge < -0.3 is 10.4 Å². The second-order valence-corrected chi connectivity index (χ2v) is 3.57. The summed E-state index contributed by atoms with van der Waals surface area (Å²) in [7, 11) is 0. The van der Waals surface area contributed by atoms with E-state index >= 15 is 0 Å². The number of terminal acetylenes is 1. The summed E-state index contributed by atoms with van der Waals surface area (Å²) in [4.78, 5) is 0. The van der Waals surface area contributed by atoms with Crippen LogP contribution in [0.3, 0.4) is 0 Å². The zero-order chi connectivity index (χ0) is 12.0. The molecular formula is C13H16FNO. The Morgan fingerprint density at radius 2 is 2.19 bits per heavy atom. The minimum atomic E-state index is -0.872. The number of benzene rings is 1. The summed E-state index contributed by atoms with van der Waals surface area (Å²) < 4.78 is 13.3. The molecule has 0 saturated heterocycles. The van der Waals surface area contributed by atoms with E-state index in [1.807, 2.05) is 6.92 Å². The number of aliphatic hydroxyl groups excluding tert-OH is 1. The van der Waals surface area contributed by atoms with E-state index in [4.69, 9.17) is 6.42 Å². The fraction of sp³-hybridized carbons (Fsp3) is 0.385. The van der Waals surface area contributed by atoms with E-state index in [0.29, 0.717) is 5.56 Å². The molecule has 0 aliphatic rings. The fourth-order valence-corrected chi connectivity index (χ4v) is 1.43. The first-order valence-corrected chi connectivity index (χ1v) is 5.31. The lowest BCUT2D eigenvalue weighted by Crippen LogP contribution is -2.31. The number of hydrogen-bond acceptors (Lipinski definition) is 2. The highest BCUT2D eigenvalue weighted by molar-refractivity contribution is 5.20. The molecule has 0 saturated carbocycles. The molecule has 86 valence electrons. The van der Waals surface area contributed by atoms with Crippen molar-refractivity contribution in [1.82, 2.24) is 5.32 Å². The normalized spacial score (nSPS) is 14.1. The lowest BCUT2D eigenvalue weighted by Gasteiger charge is -2.15. The van der Waals surface area contributed by atoms with Crippen LogP contribution in [-0.2, 0) is 0 Å². The first-order valence-electron chi connectivity index (χ1n) is 5.31. The lowest BCUT2D eigenvalue weighted by atomic mass is 10.1. The van der Waals surface area contributed by atoms with E-state index in [2.05, 4.69) is 11.2 Å². The van der Waals surface area contributed by atoms with Gasteiger partial charge in [0.25, 0.3) is 0 Å². The van der Waals surface area contributed by atoms with E-state index < -0.39 is 11.9 Å². The average molecular weight is 221 g/mol. The minimum Gasteiger partial charge on any atom is -0.387 e. The summed E-state index contributed by atoms with van der Waals surface area (Å²) in [5, 5.41) is 12.8. The first kappa shape index (κ1) is 12.7. The van der Waals surface area contributed by atoms with Crippen LogP contribution in [0.4, 0.5) is 4.39 Å². The van der Waals surface area contributed by atoms with Gasteiger partial charge in [-0.05, 0) is 12.5 Å². The maximum atomic E-state index is 13.3. The van der Waals surface area contributed by atoms with Gasteiger partial charge >= 0.3 is 0 Å². The molecule has 0 fully saturated rings. The highest BCUT2D eigenvalue weighted by Gasteiger charge is 2.12. The molecule has 2 N–H and O–H groups in total. The summed E-state index contributed by atoms with van der Waals surface area (Å²) in [6, 6.07) is 6.10. The molecule has 3 heteroatoms. The first-order chi connectivity index (χ1) is 7.69. The van der Waals surface area contributed by atoms with Gasteiger partial charge in [0, 0.05) is 12.1 Å². The van der Waals surface area contributed by atoms with E-state index in [9.17, 15) is 9.50 Å². The molecule has 1 rings (SSSR count). The summed E-state index contributed by atoms with van der Waals surface area (Å²) in [6.45, 7) is 2.21. The van der Waals surface area contributed by atoms with Crippen molar-refractivity contribution in [1.29, 1.82) is 0 Å². The van der Waals surface area contributed by atoms with Gasteiger partial charge in [-0.2, -0.15) is 0 Å². The Morgan fingerprint density at radius 1 is 1.50 bits per heavy atom. The third kappa shape index (κ3) is 3.34. The number of rotatable bonds is 5. The molecule has 1 aromatic carbocycles. The van der Waals surface area contributed by atoms with Crippen LogP contribution in [0.5, 0.6) is 0 Å². The number of aliphatic hydroxyl groups is 1. The van der Waals surface area contributed by atoms with Crippen molar-refractivity contribution in [3.05, 3.63) is 35.6 Å². The Labute approximate surface area is 95.5 Å². The molecule has 0 aliphatic heterocycles. The molecule has 0 aromatic heterocycles. The van der Waals surface area contributed by atoms with Crippen molar-refractivity contribution in [2.45, 2.75) is 25.5 Å². The van der Waals surface area contributed by atoms with Crippen LogP contribution in [0, 0.1) is 18.2 Å². The van der Waals surface area contributed by atoms with Crippen LogP contribution >= 0.6 is 0 Å². The zero-order valence-electron chi connectivity index (χ0n) is 9.28. The van der Waals surface area contributed by atoms with Gasteiger partial charge in [0.15, 0.2) is 0 Å². The Bertz CT molecular complexity index is 372. The summed E-state index contributed by atoms with van der Waals surface area (Å²) in [6.07, 6.45) is 5.18. The Hall–Kier alpha value is -1.37. The van der Waals surface area contributed by atoms with E-state index in [-0.39, 0.29) is 12.6 Å². The fourth-order valence-electron chi connectivity index (χ4n) is 1.43. The van der Waals surface area contributed by atoms with Crippen LogP contribution in [0.25, 0.3) is 0 Å². The maximum absolute atomic E-state index is 13.3. The second-order valence-electron chi connectivity index (χ2n) is 3.57. The molecule has 2 unspecified atom stereocenters. The monoisotopic (exact) mass is 221 g/mol. The van der Waals surface area contributed by atoms with Gasteiger partial charge in [-0.25, -0.2) is 4.39 Å². The van der Waals surface area contributed by atoms with Gasteiger partial charge in [-0.3, -0.25) is 0 Å². The minimum absolute atomic E-state index is 0.0820. The molecule has 1 aromatic rings. The smallest absolute Gasteiger partial charge is 0.129 e. The van der Waals surface area contributed by atoms with Gasteiger partial charge in [0.1, 0.15) is 5.82 Å². The Morgan fingerprint density at radius 3 is 2.75 bits per heavy atom. The second kappa shape index (κ2) is 6.26. The van der Waals surface area contributed by atoms with Gasteiger partial charge in [0.2, 0.25) is 0 Å². The van der Waals surface area contributed by atoms with Crippen LogP contribution in [-0.4, -0.2) is 17.7 Å². The van der Waals surface area contributed by atoms with Crippen molar-refractivity contribution in [3.63, 3.8) is 0 Å². The summed E-state index contributed by atoms with van der Waals surface area (Å²) in [5.41, 5.74) is 0.293. The molecule has 16 heavy (non-hydrogen) atoms. The SMILES string of the molecule is C#CC(CC)NCC(O)c1ccccc1F. The predicted molar refractivity (Wildman–Crippen MR) is 62.3 cm³/mol. The molecule has 0 bridgehead atoms. The third-order valence-corrected chi connectivity index (χ3v) is 2.43. The van der Waals surface area contributed by atoms with E-state index in [0.717, 1.165) is 6.42 Å². The Kier molecular flexibility index (Phi) is 4.97. The number of hydrogen-bond donors (Lipinski definition) is 2. The van der Waals surface area contributed by atoms with Gasteiger partial charge in [-0.15, -0.1) is 6.42 Å². The van der Waals surface area contributed by atoms with Crippen molar-refractivity contribution in [2.24, 2.45) is 0 Å². The van der Waals surface area contributed by atoms with E-state index in [1.54, 1.807) is 18.2 Å². The standard InChI is InChI=1S/C13H16FNO/c1-3-10(4-2)15-9-13(16)11-7-5-6-8-12(11)14/h1,5-8,10,13,15-16H,4,9H2,2H3. The highest BCUT2D eigenvalue weighted by atomic mass is 19.1. The number of nitrogens with one attached hydrogen (secondary N) is 1. The van der Waals surface area contributed by atoms with Gasteiger partial charge in [-0.1, -0.05) is 31.0 Å². The van der Waals surface area contributed by atoms with Crippen LogP contribution in [0.2, 0.25) is 0 Å². The topological polar surface area (TPSA) is 32.3 Å². The largest absolute Gasteiger partial charge is 0.387 e. The average Bonchev–Trinajstić information content (AvgIpc) is 2.30. The van der Waals surface area contributed by atoms with Crippen molar-refractivity contribution in [3.8, 4) is 12.3 Å². The molecule has 2 nitrogen and oxygen atoms in total.